The van der Waals surface area contributed by atoms with Gasteiger partial charge in [-0.1, -0.05) is 6.07 Å². The van der Waals surface area contributed by atoms with Crippen LogP contribution < -0.4 is 0 Å². The van der Waals surface area contributed by atoms with Crippen molar-refractivity contribution in [3.8, 4) is 11.1 Å². The van der Waals surface area contributed by atoms with Crippen LogP contribution in [-0.2, 0) is 6.42 Å². The Bertz CT molecular complexity index is 1190. The fourth-order valence-corrected chi connectivity index (χ4v) is 4.51. The van der Waals surface area contributed by atoms with Gasteiger partial charge in [0.1, 0.15) is 5.82 Å². The summed E-state index contributed by atoms with van der Waals surface area (Å²) in [5.74, 6) is -2.70. The molecular formula is C24H21F3N4O. The maximum Gasteiger partial charge on any atom is 0.248 e. The molecule has 3 heterocycles. The van der Waals surface area contributed by atoms with Crippen LogP contribution in [0, 0.1) is 5.82 Å². The number of aromatic nitrogens is 3. The lowest BCUT2D eigenvalue weighted by Crippen LogP contribution is -2.27. The lowest BCUT2D eigenvalue weighted by Gasteiger charge is -2.29. The van der Waals surface area contributed by atoms with E-state index < -0.39 is 5.92 Å². The SMILES string of the molecule is O=C1CC(Cc2cc(F)ccc2-c2ccncc2)=Nc2c1cnn2C1CCC(F)(F)CC1. The van der Waals surface area contributed by atoms with Crippen molar-refractivity contribution in [3.63, 3.8) is 0 Å². The van der Waals surface area contributed by atoms with E-state index in [0.717, 1.165) is 16.7 Å². The molecule has 2 aliphatic rings. The predicted molar refractivity (Wildman–Crippen MR) is 114 cm³/mol. The van der Waals surface area contributed by atoms with Gasteiger partial charge in [0.05, 0.1) is 24.2 Å². The molecule has 5 rings (SSSR count). The zero-order valence-corrected chi connectivity index (χ0v) is 17.3. The second-order valence-corrected chi connectivity index (χ2v) is 8.41. The number of nitrogens with zero attached hydrogens (tertiary/aromatic N) is 4. The topological polar surface area (TPSA) is 60.1 Å². The summed E-state index contributed by atoms with van der Waals surface area (Å²) in [6.07, 6.45) is 5.42. The molecule has 0 spiro atoms. The monoisotopic (exact) mass is 438 g/mol. The van der Waals surface area contributed by atoms with E-state index in [-0.39, 0.29) is 49.7 Å². The van der Waals surface area contributed by atoms with Gasteiger partial charge in [-0.2, -0.15) is 5.10 Å². The molecule has 0 unspecified atom stereocenters. The van der Waals surface area contributed by atoms with Crippen LogP contribution in [0.3, 0.4) is 0 Å². The standard InChI is InChI=1S/C24H21F3N4O/c25-17-1-2-20(15-5-9-28-10-6-15)16(11-17)12-18-13-22(32)21-14-29-31(23(21)30-18)19-3-7-24(26,27)8-4-19/h1-2,5-6,9-11,14,19H,3-4,7-8,12-13H2. The van der Waals surface area contributed by atoms with Gasteiger partial charge in [0.15, 0.2) is 11.6 Å². The number of pyridine rings is 1. The predicted octanol–water partition coefficient (Wildman–Crippen LogP) is 5.74. The van der Waals surface area contributed by atoms with Crippen LogP contribution in [0.2, 0.25) is 0 Å². The molecule has 0 amide bonds. The fraction of sp³-hybridized carbons (Fsp3) is 0.333. The number of fused-ring (bicyclic) bond motifs is 1. The van der Waals surface area contributed by atoms with Crippen LogP contribution in [0.4, 0.5) is 19.0 Å². The Morgan fingerprint density at radius 3 is 2.56 bits per heavy atom. The highest BCUT2D eigenvalue weighted by Crippen LogP contribution is 2.41. The third-order valence-corrected chi connectivity index (χ3v) is 6.18. The van der Waals surface area contributed by atoms with Gasteiger partial charge in [-0.3, -0.25) is 9.78 Å². The quantitative estimate of drug-likeness (QED) is 0.522. The number of rotatable bonds is 4. The number of benzene rings is 1. The summed E-state index contributed by atoms with van der Waals surface area (Å²) < 4.78 is 42.9. The van der Waals surface area contributed by atoms with E-state index in [1.54, 1.807) is 23.1 Å². The summed E-state index contributed by atoms with van der Waals surface area (Å²) in [6, 6.07) is 8.05. The minimum atomic E-state index is -2.64. The number of hydrogen-bond acceptors (Lipinski definition) is 4. The molecule has 3 aromatic rings. The molecule has 32 heavy (non-hydrogen) atoms. The number of carbonyl (C=O) groups is 1. The summed E-state index contributed by atoms with van der Waals surface area (Å²) in [6.45, 7) is 0. The highest BCUT2D eigenvalue weighted by atomic mass is 19.3. The molecule has 0 bridgehead atoms. The van der Waals surface area contributed by atoms with Gasteiger partial charge in [-0.15, -0.1) is 0 Å². The molecule has 2 aromatic heterocycles. The molecular weight excluding hydrogens is 417 g/mol. The summed E-state index contributed by atoms with van der Waals surface area (Å²) in [5, 5.41) is 4.32. The van der Waals surface area contributed by atoms with Crippen molar-refractivity contribution in [1.29, 1.82) is 0 Å². The summed E-state index contributed by atoms with van der Waals surface area (Å²) in [7, 11) is 0. The zero-order valence-electron chi connectivity index (χ0n) is 17.3. The number of ketones is 1. The second-order valence-electron chi connectivity index (χ2n) is 8.41. The maximum absolute atomic E-state index is 14.1. The third-order valence-electron chi connectivity index (χ3n) is 6.18. The summed E-state index contributed by atoms with van der Waals surface area (Å²) in [4.78, 5) is 21.5. The average molecular weight is 438 g/mol. The molecule has 1 aliphatic heterocycles. The second kappa shape index (κ2) is 8.00. The Morgan fingerprint density at radius 1 is 1.06 bits per heavy atom. The third kappa shape index (κ3) is 3.97. The van der Waals surface area contributed by atoms with Crippen LogP contribution in [0.5, 0.6) is 0 Å². The largest absolute Gasteiger partial charge is 0.294 e. The number of alkyl halides is 2. The van der Waals surface area contributed by atoms with Crippen molar-refractivity contribution in [2.45, 2.75) is 50.5 Å². The van der Waals surface area contributed by atoms with E-state index in [1.165, 1.54) is 18.3 Å². The Kier molecular flexibility index (Phi) is 5.15. The molecule has 5 nitrogen and oxygen atoms in total. The maximum atomic E-state index is 14.1. The van der Waals surface area contributed by atoms with Gasteiger partial charge in [-0.25, -0.2) is 22.8 Å². The van der Waals surface area contributed by atoms with E-state index in [4.69, 9.17) is 4.99 Å². The fourth-order valence-electron chi connectivity index (χ4n) is 4.51. The molecule has 0 radical (unpaired) electrons. The van der Waals surface area contributed by atoms with E-state index in [9.17, 15) is 18.0 Å². The zero-order chi connectivity index (χ0) is 22.3. The molecule has 1 saturated carbocycles. The molecule has 1 fully saturated rings. The molecule has 1 aromatic carbocycles. The van der Waals surface area contributed by atoms with Crippen molar-refractivity contribution in [3.05, 3.63) is 65.9 Å². The van der Waals surface area contributed by atoms with Crippen molar-refractivity contribution in [1.82, 2.24) is 14.8 Å². The first kappa shape index (κ1) is 20.6. The van der Waals surface area contributed by atoms with Crippen molar-refractivity contribution >= 4 is 17.3 Å². The van der Waals surface area contributed by atoms with Crippen LogP contribution >= 0.6 is 0 Å². The van der Waals surface area contributed by atoms with Crippen LogP contribution in [0.25, 0.3) is 11.1 Å². The van der Waals surface area contributed by atoms with E-state index in [0.29, 0.717) is 23.5 Å². The van der Waals surface area contributed by atoms with Gasteiger partial charge in [0.25, 0.3) is 0 Å². The number of halogens is 3. The van der Waals surface area contributed by atoms with Gasteiger partial charge in [-0.05, 0) is 53.8 Å². The Morgan fingerprint density at radius 2 is 1.81 bits per heavy atom. The van der Waals surface area contributed by atoms with Crippen molar-refractivity contribution in [2.24, 2.45) is 4.99 Å². The van der Waals surface area contributed by atoms with E-state index >= 15 is 0 Å². The molecule has 164 valence electrons. The van der Waals surface area contributed by atoms with Gasteiger partial charge >= 0.3 is 0 Å². The van der Waals surface area contributed by atoms with Crippen LogP contribution in [-0.4, -0.2) is 32.2 Å². The average Bonchev–Trinajstić information content (AvgIpc) is 3.19. The smallest absolute Gasteiger partial charge is 0.248 e. The highest BCUT2D eigenvalue weighted by molar-refractivity contribution is 6.15. The molecule has 0 atom stereocenters. The lowest BCUT2D eigenvalue weighted by molar-refractivity contribution is -0.0448. The minimum Gasteiger partial charge on any atom is -0.294 e. The van der Waals surface area contributed by atoms with E-state index in [2.05, 4.69) is 10.1 Å². The van der Waals surface area contributed by atoms with Gasteiger partial charge in [0, 0.05) is 37.4 Å². The van der Waals surface area contributed by atoms with Gasteiger partial charge in [0.2, 0.25) is 5.92 Å². The Labute approximate surface area is 183 Å². The minimum absolute atomic E-state index is 0.112. The lowest BCUT2D eigenvalue weighted by atomic mass is 9.92. The number of hydrogen-bond donors (Lipinski definition) is 0. The molecule has 1 aliphatic carbocycles. The normalized spacial score (nSPS) is 18.3. The molecule has 0 saturated heterocycles. The van der Waals surface area contributed by atoms with E-state index in [1.807, 2.05) is 12.1 Å². The first-order valence-corrected chi connectivity index (χ1v) is 10.6. The molecule has 8 heteroatoms. The molecule has 0 N–H and O–H groups in total. The highest BCUT2D eigenvalue weighted by Gasteiger charge is 2.37. The number of carbonyl (C=O) groups excluding carboxylic acids is 1. The Balaban J connectivity index is 1.47. The van der Waals surface area contributed by atoms with Crippen LogP contribution in [0.1, 0.15) is 54.1 Å². The summed E-state index contributed by atoms with van der Waals surface area (Å²) >= 11 is 0. The van der Waals surface area contributed by atoms with Gasteiger partial charge < -0.3 is 0 Å². The first-order chi connectivity index (χ1) is 15.4. The van der Waals surface area contributed by atoms with Crippen molar-refractivity contribution < 1.29 is 18.0 Å². The number of Topliss-reactive ketones (excluding diaryl/α,β-unsaturated/α-hetero) is 1. The number of aliphatic imine (C=N–C) groups is 1. The first-order valence-electron chi connectivity index (χ1n) is 10.6. The van der Waals surface area contributed by atoms with Crippen molar-refractivity contribution in [2.75, 3.05) is 0 Å². The van der Waals surface area contributed by atoms with Crippen LogP contribution in [0.15, 0.2) is 53.9 Å². The Hall–Kier alpha value is -3.29. The summed E-state index contributed by atoms with van der Waals surface area (Å²) in [5.41, 5.74) is 3.48.